The predicted octanol–water partition coefficient (Wildman–Crippen LogP) is 3.51. The van der Waals surface area contributed by atoms with Gasteiger partial charge in [-0.25, -0.2) is 0 Å². The molecule has 0 saturated heterocycles. The number of ether oxygens (including phenoxy) is 1. The molecule has 134 valence electrons. The van der Waals surface area contributed by atoms with Gasteiger partial charge in [-0.2, -0.15) is 13.2 Å². The first-order valence-corrected chi connectivity index (χ1v) is 7.46. The van der Waals surface area contributed by atoms with Crippen LogP contribution in [-0.2, 0) is 20.5 Å². The summed E-state index contributed by atoms with van der Waals surface area (Å²) in [6, 6.07) is 4.16. The molecule has 0 bridgehead atoms. The second-order valence-electron chi connectivity index (χ2n) is 6.14. The first-order valence-electron chi connectivity index (χ1n) is 7.46. The van der Waals surface area contributed by atoms with Crippen molar-refractivity contribution in [1.82, 2.24) is 5.32 Å². The van der Waals surface area contributed by atoms with E-state index in [1.807, 2.05) is 0 Å². The summed E-state index contributed by atoms with van der Waals surface area (Å²) < 4.78 is 43.0. The molecule has 1 rings (SSSR count). The van der Waals surface area contributed by atoms with Gasteiger partial charge in [0.15, 0.2) is 11.9 Å². The van der Waals surface area contributed by atoms with Crippen LogP contribution < -0.4 is 5.32 Å². The summed E-state index contributed by atoms with van der Waals surface area (Å²) in [5.41, 5.74) is -1.62. The molecule has 1 N–H and O–H groups in total. The highest BCUT2D eigenvalue weighted by Gasteiger charge is 2.37. The number of hydrogen-bond donors (Lipinski definition) is 1. The lowest BCUT2D eigenvalue weighted by Crippen LogP contribution is -2.56. The fourth-order valence-corrected chi connectivity index (χ4v) is 2.20. The number of benzene rings is 1. The highest BCUT2D eigenvalue weighted by Crippen LogP contribution is 2.30. The molecular weight excluding hydrogens is 323 g/mol. The Labute approximate surface area is 139 Å². The van der Waals surface area contributed by atoms with Crippen LogP contribution >= 0.6 is 0 Å². The molecule has 0 spiro atoms. The van der Waals surface area contributed by atoms with Crippen LogP contribution in [0.4, 0.5) is 13.2 Å². The number of nitrogens with one attached hydrogen (secondary N) is 1. The lowest BCUT2D eigenvalue weighted by molar-refractivity contribution is -0.138. The van der Waals surface area contributed by atoms with E-state index in [4.69, 9.17) is 4.74 Å². The average molecular weight is 345 g/mol. The zero-order valence-electron chi connectivity index (χ0n) is 14.3. The molecule has 0 aliphatic rings. The van der Waals surface area contributed by atoms with Crippen LogP contribution in [0.3, 0.4) is 0 Å². The summed E-state index contributed by atoms with van der Waals surface area (Å²) in [5.74, 6) is -0.958. The third kappa shape index (κ3) is 4.35. The summed E-state index contributed by atoms with van der Waals surface area (Å²) in [6.07, 6.45) is -5.56. The van der Waals surface area contributed by atoms with Crippen molar-refractivity contribution in [3.05, 3.63) is 35.4 Å². The normalized spacial score (nSPS) is 15.7. The van der Waals surface area contributed by atoms with Crippen LogP contribution in [0.2, 0.25) is 0 Å². The van der Waals surface area contributed by atoms with E-state index >= 15 is 0 Å². The van der Waals surface area contributed by atoms with Crippen molar-refractivity contribution in [2.45, 2.75) is 45.5 Å². The topological polar surface area (TPSA) is 55.4 Å². The van der Waals surface area contributed by atoms with Gasteiger partial charge in [0.2, 0.25) is 0 Å². The highest BCUT2D eigenvalue weighted by molar-refractivity contribution is 5.93. The van der Waals surface area contributed by atoms with Gasteiger partial charge in [-0.1, -0.05) is 26.0 Å². The molecule has 0 fully saturated rings. The number of halogens is 3. The van der Waals surface area contributed by atoms with Crippen LogP contribution in [0.1, 0.15) is 44.9 Å². The molecule has 0 radical (unpaired) electrons. The van der Waals surface area contributed by atoms with Crippen molar-refractivity contribution in [1.29, 1.82) is 0 Å². The van der Waals surface area contributed by atoms with Crippen LogP contribution in [0.25, 0.3) is 0 Å². The predicted molar refractivity (Wildman–Crippen MR) is 83.3 cm³/mol. The summed E-state index contributed by atoms with van der Waals surface area (Å²) >= 11 is 0. The fraction of sp³-hybridized carbons (Fsp3) is 0.529. The van der Waals surface area contributed by atoms with Gasteiger partial charge in [0.05, 0.1) is 11.1 Å². The molecule has 24 heavy (non-hydrogen) atoms. The zero-order chi connectivity index (χ0) is 18.7. The van der Waals surface area contributed by atoms with Crippen molar-refractivity contribution in [2.24, 2.45) is 5.92 Å². The van der Waals surface area contributed by atoms with E-state index in [2.05, 4.69) is 5.32 Å². The number of methoxy groups -OCH3 is 1. The van der Waals surface area contributed by atoms with Crippen LogP contribution in [-0.4, -0.2) is 24.3 Å². The maximum Gasteiger partial charge on any atom is 0.416 e. The second-order valence-corrected chi connectivity index (χ2v) is 6.14. The number of amides is 1. The largest absolute Gasteiger partial charge is 0.416 e. The van der Waals surface area contributed by atoms with E-state index in [9.17, 15) is 22.8 Å². The van der Waals surface area contributed by atoms with Crippen LogP contribution in [0.15, 0.2) is 24.3 Å². The van der Waals surface area contributed by atoms with Gasteiger partial charge in [0.1, 0.15) is 0 Å². The zero-order valence-corrected chi connectivity index (χ0v) is 14.3. The number of hydrogen-bond acceptors (Lipinski definition) is 3. The Morgan fingerprint density at radius 3 is 1.96 bits per heavy atom. The highest BCUT2D eigenvalue weighted by atomic mass is 19.4. The maximum absolute atomic E-state index is 12.6. The summed E-state index contributed by atoms with van der Waals surface area (Å²) in [5, 5.41) is 2.65. The van der Waals surface area contributed by atoms with Gasteiger partial charge in [0.25, 0.3) is 5.91 Å². The first-order chi connectivity index (χ1) is 10.9. The Bertz CT molecular complexity index is 596. The molecule has 2 atom stereocenters. The van der Waals surface area contributed by atoms with E-state index in [1.165, 1.54) is 26.2 Å². The van der Waals surface area contributed by atoms with Gasteiger partial charge in [0, 0.05) is 7.11 Å². The van der Waals surface area contributed by atoms with E-state index in [0.29, 0.717) is 0 Å². The first kappa shape index (κ1) is 20.2. The summed E-state index contributed by atoms with van der Waals surface area (Å²) in [6.45, 7) is 6.57. The van der Waals surface area contributed by atoms with Crippen LogP contribution in [0.5, 0.6) is 0 Å². The third-order valence-corrected chi connectivity index (χ3v) is 4.28. The van der Waals surface area contributed by atoms with Crippen molar-refractivity contribution >= 4 is 11.7 Å². The van der Waals surface area contributed by atoms with Crippen molar-refractivity contribution in [3.63, 3.8) is 0 Å². The van der Waals surface area contributed by atoms with Crippen molar-refractivity contribution < 1.29 is 27.5 Å². The minimum atomic E-state index is -4.45. The van der Waals surface area contributed by atoms with Crippen LogP contribution in [0, 0.1) is 5.92 Å². The van der Waals surface area contributed by atoms with Gasteiger partial charge in [-0.3, -0.25) is 9.59 Å². The second kappa shape index (κ2) is 7.34. The molecule has 1 aromatic carbocycles. The molecule has 1 aromatic rings. The van der Waals surface area contributed by atoms with Gasteiger partial charge in [-0.15, -0.1) is 0 Å². The number of carbonyl (C=O) groups is 2. The summed E-state index contributed by atoms with van der Waals surface area (Å²) in [4.78, 5) is 24.3. The van der Waals surface area contributed by atoms with Gasteiger partial charge in [-0.05, 0) is 37.5 Å². The SMILES string of the molecule is COC(C(=O)NC(C)(C(C)=O)C(C)C)c1ccc(C(F)(F)F)cc1. The number of Topliss-reactive ketones (excluding diaryl/α,β-unsaturated/α-hetero) is 1. The fourth-order valence-electron chi connectivity index (χ4n) is 2.20. The number of alkyl halides is 3. The molecule has 0 aliphatic heterocycles. The lowest BCUT2D eigenvalue weighted by atomic mass is 9.84. The monoisotopic (exact) mass is 345 g/mol. The molecule has 0 aliphatic carbocycles. The molecule has 0 aromatic heterocycles. The van der Waals surface area contributed by atoms with E-state index in [1.54, 1.807) is 20.8 Å². The average Bonchev–Trinajstić information content (AvgIpc) is 2.47. The van der Waals surface area contributed by atoms with Crippen molar-refractivity contribution in [3.8, 4) is 0 Å². The smallest absolute Gasteiger partial charge is 0.367 e. The van der Waals surface area contributed by atoms with Gasteiger partial charge < -0.3 is 10.1 Å². The molecule has 2 unspecified atom stereocenters. The molecular formula is C17H22F3NO3. The standard InChI is InChI=1S/C17H22F3NO3/c1-10(2)16(4,11(3)22)21-15(23)14(24-5)12-6-8-13(9-7-12)17(18,19)20/h6-10,14H,1-5H3,(H,21,23). The number of carbonyl (C=O) groups excluding carboxylic acids is 2. The molecule has 1 amide bonds. The Morgan fingerprint density at radius 2 is 1.62 bits per heavy atom. The van der Waals surface area contributed by atoms with E-state index < -0.39 is 29.3 Å². The number of rotatable bonds is 6. The minimum Gasteiger partial charge on any atom is -0.367 e. The molecule has 0 heterocycles. The van der Waals surface area contributed by atoms with Gasteiger partial charge >= 0.3 is 6.18 Å². The number of ketones is 1. The Morgan fingerprint density at radius 1 is 1.12 bits per heavy atom. The van der Waals surface area contributed by atoms with E-state index in [0.717, 1.165) is 12.1 Å². The Hall–Kier alpha value is -1.89. The Kier molecular flexibility index (Phi) is 6.16. The molecule has 0 saturated carbocycles. The third-order valence-electron chi connectivity index (χ3n) is 4.28. The van der Waals surface area contributed by atoms with E-state index in [-0.39, 0.29) is 17.3 Å². The lowest BCUT2D eigenvalue weighted by Gasteiger charge is -2.33. The molecule has 7 heteroatoms. The summed E-state index contributed by atoms with van der Waals surface area (Å²) in [7, 11) is 1.28. The molecule has 4 nitrogen and oxygen atoms in total. The Balaban J connectivity index is 3.05. The van der Waals surface area contributed by atoms with Crippen molar-refractivity contribution in [2.75, 3.05) is 7.11 Å². The maximum atomic E-state index is 12.6. The minimum absolute atomic E-state index is 0.163. The quantitative estimate of drug-likeness (QED) is 0.858.